The third-order valence-corrected chi connectivity index (χ3v) is 11.4. The quantitative estimate of drug-likeness (QED) is 0.115. The number of fused-ring (bicyclic) bond motifs is 4. The van der Waals surface area contributed by atoms with Crippen LogP contribution < -0.4 is 16.0 Å². The molecule has 0 aliphatic heterocycles. The summed E-state index contributed by atoms with van der Waals surface area (Å²) in [7, 11) is 1.98. The fourth-order valence-corrected chi connectivity index (χ4v) is 8.23. The highest BCUT2D eigenvalue weighted by Crippen LogP contribution is 2.38. The summed E-state index contributed by atoms with van der Waals surface area (Å²) >= 11 is 6.40. The van der Waals surface area contributed by atoms with Gasteiger partial charge in [-0.25, -0.2) is 19.9 Å². The number of hydrogen-bond acceptors (Lipinski definition) is 9. The smallest absolute Gasteiger partial charge is 0.209 e. The van der Waals surface area contributed by atoms with Crippen molar-refractivity contribution in [2.75, 3.05) is 25.5 Å². The minimum absolute atomic E-state index is 0.214. The molecule has 4 aromatic carbocycles. The number of halogens is 1. The molecule has 12 heteroatoms. The van der Waals surface area contributed by atoms with Crippen LogP contribution in [0.2, 0.25) is 5.28 Å². The molecule has 0 spiro atoms. The molecule has 0 bridgehead atoms. The first-order chi connectivity index (χ1) is 32.3. The largest absolute Gasteiger partial charge is 0.349 e. The van der Waals surface area contributed by atoms with Gasteiger partial charge in [-0.05, 0) is 114 Å². The Balaban J connectivity index is 0.000000163. The van der Waals surface area contributed by atoms with Crippen LogP contribution in [0.25, 0.3) is 77.6 Å². The Hall–Kier alpha value is -7.05. The van der Waals surface area contributed by atoms with Crippen LogP contribution >= 0.6 is 11.6 Å². The summed E-state index contributed by atoms with van der Waals surface area (Å²) in [5, 5.41) is 15.4. The monoisotopic (exact) mass is 907 g/mol. The Bertz CT molecular complexity index is 3240. The summed E-state index contributed by atoms with van der Waals surface area (Å²) in [6, 6.07) is 37.9. The molecular formula is C55H58ClN11. The number of rotatable bonds is 10. The third kappa shape index (κ3) is 11.0. The molecule has 0 atom stereocenters. The molecule has 0 fully saturated rings. The average molecular weight is 909 g/mol. The average Bonchev–Trinajstić information content (AvgIpc) is 4.03. The Labute approximate surface area is 397 Å². The van der Waals surface area contributed by atoms with Gasteiger partial charge in [-0.15, -0.1) is 0 Å². The fraction of sp³-hybridized carbons (Fsp3) is 0.236. The maximum absolute atomic E-state index is 6.40. The first kappa shape index (κ1) is 46.5. The van der Waals surface area contributed by atoms with Crippen LogP contribution in [0.5, 0.6) is 0 Å². The lowest BCUT2D eigenvalue weighted by molar-refractivity contribution is 0.395. The summed E-state index contributed by atoms with van der Waals surface area (Å²) in [6.07, 6.45) is 14.5. The van der Waals surface area contributed by atoms with E-state index in [0.717, 1.165) is 75.1 Å². The summed E-state index contributed by atoms with van der Waals surface area (Å²) in [5.41, 5.74) is 9.61. The molecule has 10 aromatic rings. The summed E-state index contributed by atoms with van der Waals surface area (Å²) in [5.74, 6) is 0.763. The van der Waals surface area contributed by atoms with Crippen molar-refractivity contribution in [1.82, 2.24) is 49.3 Å². The molecule has 0 saturated heterocycles. The molecule has 6 heterocycles. The Morgan fingerprint density at radius 3 is 1.51 bits per heavy atom. The molecule has 67 heavy (non-hydrogen) atoms. The van der Waals surface area contributed by atoms with Gasteiger partial charge in [-0.1, -0.05) is 107 Å². The normalized spacial score (nSPS) is 11.7. The predicted octanol–water partition coefficient (Wildman–Crippen LogP) is 12.3. The van der Waals surface area contributed by atoms with E-state index < -0.39 is 0 Å². The van der Waals surface area contributed by atoms with E-state index in [-0.39, 0.29) is 5.54 Å². The Morgan fingerprint density at radius 1 is 0.552 bits per heavy atom. The highest BCUT2D eigenvalue weighted by molar-refractivity contribution is 6.29. The third-order valence-electron chi connectivity index (χ3n) is 11.1. The predicted molar refractivity (Wildman–Crippen MR) is 278 cm³/mol. The van der Waals surface area contributed by atoms with Gasteiger partial charge in [0.2, 0.25) is 11.2 Å². The molecule has 0 amide bonds. The number of pyridine rings is 2. The van der Waals surface area contributed by atoms with E-state index in [2.05, 4.69) is 157 Å². The number of aromatic nitrogens is 8. The number of imidazole rings is 2. The van der Waals surface area contributed by atoms with E-state index in [1.807, 2.05) is 66.4 Å². The molecule has 0 saturated carbocycles. The Morgan fingerprint density at radius 2 is 1.03 bits per heavy atom. The minimum Gasteiger partial charge on any atom is -0.349 e. The van der Waals surface area contributed by atoms with Crippen molar-refractivity contribution in [3.05, 3.63) is 164 Å². The molecule has 340 valence electrons. The van der Waals surface area contributed by atoms with E-state index in [1.165, 1.54) is 21.5 Å². The lowest BCUT2D eigenvalue weighted by Crippen LogP contribution is -2.44. The first-order valence-electron chi connectivity index (χ1n) is 22.6. The lowest BCUT2D eigenvalue weighted by atomic mass is 9.97. The highest BCUT2D eigenvalue weighted by atomic mass is 35.5. The molecular weight excluding hydrogens is 850 g/mol. The number of hydrogen-bond donors (Lipinski definition) is 3. The van der Waals surface area contributed by atoms with Crippen LogP contribution in [0.1, 0.15) is 48.5 Å². The van der Waals surface area contributed by atoms with Crippen molar-refractivity contribution >= 4 is 50.4 Å². The van der Waals surface area contributed by atoms with E-state index in [9.17, 15) is 0 Å². The van der Waals surface area contributed by atoms with Gasteiger partial charge < -0.3 is 16.0 Å². The number of benzene rings is 4. The summed E-state index contributed by atoms with van der Waals surface area (Å²) in [6.45, 7) is 17.2. The molecule has 11 nitrogen and oxygen atoms in total. The number of nitrogens with zero attached hydrogens (tertiary/aromatic N) is 8. The standard InChI is InChI=1S/C28H30N6.C21H13ClN4.C6H15N/c1-19(2)31-18-28(3,4)33-27-32-25(21-11-13-29-14-12-21)24(26-30-15-16-34(26)27)23-10-9-20-7-5-6-8-22(20)17-23;22-21-25-19(15-7-9-23-10-8-15)18(20-24-11-12-26(20)21)17-6-5-14-3-1-2-4-16(14)13-17;1-6(2,3)5-7-4/h5-17,19,31H,18H2,1-4H3,(H,32,33);1-13H;7H,5H2,1-4H3. The highest BCUT2D eigenvalue weighted by Gasteiger charge is 2.24. The molecule has 10 rings (SSSR count). The molecule has 3 N–H and O–H groups in total. The van der Waals surface area contributed by atoms with Crippen molar-refractivity contribution in [3.63, 3.8) is 0 Å². The second-order valence-corrected chi connectivity index (χ2v) is 19.1. The zero-order valence-corrected chi connectivity index (χ0v) is 40.2. The first-order valence-corrected chi connectivity index (χ1v) is 23.0. The molecule has 0 unspecified atom stereocenters. The molecule has 0 aliphatic carbocycles. The zero-order chi connectivity index (χ0) is 47.1. The van der Waals surface area contributed by atoms with E-state index in [1.54, 1.807) is 35.4 Å². The van der Waals surface area contributed by atoms with Crippen molar-refractivity contribution in [2.45, 2.75) is 60.0 Å². The van der Waals surface area contributed by atoms with E-state index in [4.69, 9.17) is 21.6 Å². The zero-order valence-electron chi connectivity index (χ0n) is 39.5. The molecule has 0 radical (unpaired) electrons. The fourth-order valence-electron chi connectivity index (χ4n) is 8.01. The van der Waals surface area contributed by atoms with Crippen LogP contribution in [0.3, 0.4) is 0 Å². The van der Waals surface area contributed by atoms with Gasteiger partial charge in [0.1, 0.15) is 11.3 Å². The van der Waals surface area contributed by atoms with E-state index >= 15 is 0 Å². The second-order valence-electron chi connectivity index (χ2n) is 18.7. The van der Waals surface area contributed by atoms with Crippen molar-refractivity contribution < 1.29 is 0 Å². The van der Waals surface area contributed by atoms with Gasteiger partial charge in [0, 0.05) is 78.8 Å². The summed E-state index contributed by atoms with van der Waals surface area (Å²) in [4.78, 5) is 27.5. The number of anilines is 1. The number of nitrogens with one attached hydrogen (secondary N) is 3. The van der Waals surface area contributed by atoms with Gasteiger partial charge in [-0.2, -0.15) is 0 Å². The van der Waals surface area contributed by atoms with Crippen LogP contribution in [-0.4, -0.2) is 70.4 Å². The summed E-state index contributed by atoms with van der Waals surface area (Å²) < 4.78 is 3.85. The Kier molecular flexibility index (Phi) is 14.0. The lowest BCUT2D eigenvalue weighted by Gasteiger charge is -2.29. The SMILES string of the molecule is CC(C)NCC(C)(C)Nc1nc(-c2ccncc2)c(-c2ccc3ccccc3c2)c2nccn12.CNCC(C)(C)C.Clc1nc(-c2ccncc2)c(-c2ccc3ccccc3c2)c2nccn12. The van der Waals surface area contributed by atoms with Gasteiger partial charge in [0.05, 0.1) is 22.5 Å². The van der Waals surface area contributed by atoms with Crippen molar-refractivity contribution in [3.8, 4) is 44.8 Å². The maximum Gasteiger partial charge on any atom is 0.209 e. The van der Waals surface area contributed by atoms with E-state index in [0.29, 0.717) is 16.7 Å². The van der Waals surface area contributed by atoms with Crippen LogP contribution in [0, 0.1) is 5.41 Å². The van der Waals surface area contributed by atoms with Crippen LogP contribution in [0.15, 0.2) is 159 Å². The van der Waals surface area contributed by atoms with Gasteiger partial charge in [0.25, 0.3) is 0 Å². The van der Waals surface area contributed by atoms with Crippen molar-refractivity contribution in [1.29, 1.82) is 0 Å². The molecule has 0 aliphatic rings. The van der Waals surface area contributed by atoms with Crippen LogP contribution in [-0.2, 0) is 0 Å². The topological polar surface area (TPSA) is 122 Å². The van der Waals surface area contributed by atoms with Crippen LogP contribution in [0.4, 0.5) is 5.95 Å². The minimum atomic E-state index is -0.214. The molecule has 6 aromatic heterocycles. The van der Waals surface area contributed by atoms with Gasteiger partial charge in [-0.3, -0.25) is 18.8 Å². The van der Waals surface area contributed by atoms with Gasteiger partial charge in [0.15, 0.2) is 0 Å². The van der Waals surface area contributed by atoms with Gasteiger partial charge >= 0.3 is 0 Å². The second kappa shape index (κ2) is 20.2. The van der Waals surface area contributed by atoms with Crippen molar-refractivity contribution in [2.24, 2.45) is 5.41 Å². The maximum atomic E-state index is 6.40.